The molecule has 2 rings (SSSR count). The van der Waals surface area contributed by atoms with Gasteiger partial charge in [0.15, 0.2) is 5.82 Å². The zero-order valence-corrected chi connectivity index (χ0v) is 9.16. The summed E-state index contributed by atoms with van der Waals surface area (Å²) in [7, 11) is 0. The fraction of sp³-hybridized carbons (Fsp3) is 0.0909. The molecular weight excluding hydrogens is 206 g/mol. The molecule has 76 valence electrons. The van der Waals surface area contributed by atoms with Gasteiger partial charge in [0.2, 0.25) is 0 Å². The number of rotatable bonds is 2. The van der Waals surface area contributed by atoms with Crippen LogP contribution in [0.4, 0.5) is 5.82 Å². The van der Waals surface area contributed by atoms with Crippen molar-refractivity contribution in [3.63, 3.8) is 0 Å². The van der Waals surface area contributed by atoms with Crippen molar-refractivity contribution in [1.82, 2.24) is 9.97 Å². The monoisotopic (exact) mass is 217 g/mol. The molecule has 15 heavy (non-hydrogen) atoms. The minimum Gasteiger partial charge on any atom is -0.384 e. The van der Waals surface area contributed by atoms with Crippen molar-refractivity contribution in [2.75, 3.05) is 12.0 Å². The topological polar surface area (TPSA) is 51.8 Å². The van der Waals surface area contributed by atoms with Crippen LogP contribution < -0.4 is 5.73 Å². The molecule has 0 aliphatic heterocycles. The molecule has 4 heteroatoms. The molecule has 0 spiro atoms. The number of aromatic nitrogens is 2. The van der Waals surface area contributed by atoms with E-state index in [4.69, 9.17) is 5.73 Å². The van der Waals surface area contributed by atoms with Crippen LogP contribution in [0.3, 0.4) is 0 Å². The molecule has 1 heterocycles. The summed E-state index contributed by atoms with van der Waals surface area (Å²) in [5.74, 6) is 1.16. The van der Waals surface area contributed by atoms with E-state index in [1.54, 1.807) is 24.0 Å². The molecule has 0 aliphatic rings. The highest BCUT2D eigenvalue weighted by Gasteiger charge is 2.00. The van der Waals surface area contributed by atoms with Gasteiger partial charge in [-0.05, 0) is 24.5 Å². The van der Waals surface area contributed by atoms with Crippen LogP contribution in [0.15, 0.2) is 41.4 Å². The third-order valence-electron chi connectivity index (χ3n) is 2.03. The molecule has 0 bridgehead atoms. The van der Waals surface area contributed by atoms with Crippen molar-refractivity contribution >= 4 is 17.6 Å². The molecule has 2 N–H and O–H groups in total. The molecule has 0 atom stereocenters. The normalized spacial score (nSPS) is 10.2. The minimum absolute atomic E-state index is 0.494. The van der Waals surface area contributed by atoms with Crippen molar-refractivity contribution in [2.45, 2.75) is 4.90 Å². The molecule has 0 saturated carbocycles. The lowest BCUT2D eigenvalue weighted by atomic mass is 10.2. The van der Waals surface area contributed by atoms with Gasteiger partial charge in [-0.1, -0.05) is 12.1 Å². The van der Waals surface area contributed by atoms with E-state index in [1.807, 2.05) is 30.5 Å². The highest BCUT2D eigenvalue weighted by atomic mass is 32.2. The Balaban J connectivity index is 2.37. The Labute approximate surface area is 92.8 Å². The number of nitrogen functional groups attached to an aromatic ring is 1. The van der Waals surface area contributed by atoms with E-state index in [2.05, 4.69) is 9.97 Å². The highest BCUT2D eigenvalue weighted by Crippen LogP contribution is 2.20. The van der Waals surface area contributed by atoms with Gasteiger partial charge in [0.05, 0.1) is 0 Å². The van der Waals surface area contributed by atoms with Gasteiger partial charge in [-0.3, -0.25) is 0 Å². The van der Waals surface area contributed by atoms with E-state index in [1.165, 1.54) is 4.90 Å². The first-order valence-corrected chi connectivity index (χ1v) is 5.75. The van der Waals surface area contributed by atoms with E-state index in [9.17, 15) is 0 Å². The Morgan fingerprint density at radius 3 is 2.47 bits per heavy atom. The number of hydrogen-bond acceptors (Lipinski definition) is 4. The predicted molar refractivity (Wildman–Crippen MR) is 63.7 cm³/mol. The van der Waals surface area contributed by atoms with Gasteiger partial charge in [0.25, 0.3) is 0 Å². The molecule has 0 unspecified atom stereocenters. The first-order chi connectivity index (χ1) is 7.29. The molecule has 2 aromatic rings. The van der Waals surface area contributed by atoms with Crippen LogP contribution in [0.1, 0.15) is 0 Å². The number of anilines is 1. The SMILES string of the molecule is CSc1ccc(-c2nccc(N)n2)cc1. The third kappa shape index (κ3) is 2.27. The van der Waals surface area contributed by atoms with Gasteiger partial charge in [0, 0.05) is 16.7 Å². The first kappa shape index (κ1) is 9.98. The highest BCUT2D eigenvalue weighted by molar-refractivity contribution is 7.98. The van der Waals surface area contributed by atoms with Crippen LogP contribution in [0, 0.1) is 0 Å². The van der Waals surface area contributed by atoms with Crippen LogP contribution in [-0.2, 0) is 0 Å². The second-order valence-electron chi connectivity index (χ2n) is 3.03. The molecule has 0 radical (unpaired) electrons. The van der Waals surface area contributed by atoms with E-state index in [0.29, 0.717) is 11.6 Å². The van der Waals surface area contributed by atoms with Crippen molar-refractivity contribution in [3.8, 4) is 11.4 Å². The molecule has 0 aliphatic carbocycles. The van der Waals surface area contributed by atoms with E-state index in [-0.39, 0.29) is 0 Å². The van der Waals surface area contributed by atoms with E-state index in [0.717, 1.165) is 5.56 Å². The second kappa shape index (κ2) is 4.31. The van der Waals surface area contributed by atoms with Crippen molar-refractivity contribution in [1.29, 1.82) is 0 Å². The Morgan fingerprint density at radius 2 is 1.87 bits per heavy atom. The first-order valence-electron chi connectivity index (χ1n) is 4.52. The van der Waals surface area contributed by atoms with Crippen molar-refractivity contribution in [3.05, 3.63) is 36.5 Å². The summed E-state index contributed by atoms with van der Waals surface area (Å²) >= 11 is 1.71. The van der Waals surface area contributed by atoms with Crippen LogP contribution >= 0.6 is 11.8 Å². The summed E-state index contributed by atoms with van der Waals surface area (Å²) in [6.07, 6.45) is 3.71. The predicted octanol–water partition coefficient (Wildman–Crippen LogP) is 2.45. The second-order valence-corrected chi connectivity index (χ2v) is 3.91. The largest absolute Gasteiger partial charge is 0.384 e. The molecule has 1 aromatic carbocycles. The maximum atomic E-state index is 5.60. The molecule has 0 saturated heterocycles. The molecular formula is C11H11N3S. The van der Waals surface area contributed by atoms with Gasteiger partial charge >= 0.3 is 0 Å². The standard InChI is InChI=1S/C11H11N3S/c1-15-9-4-2-8(3-5-9)11-13-7-6-10(12)14-11/h2-7H,1H3,(H2,12,13,14). The average molecular weight is 217 g/mol. The molecule has 0 amide bonds. The summed E-state index contributed by atoms with van der Waals surface area (Å²) in [5.41, 5.74) is 6.58. The lowest BCUT2D eigenvalue weighted by Gasteiger charge is -2.01. The molecule has 0 fully saturated rings. The number of nitrogens with two attached hydrogens (primary N) is 1. The lowest BCUT2D eigenvalue weighted by molar-refractivity contribution is 1.18. The maximum absolute atomic E-state index is 5.60. The Kier molecular flexibility index (Phi) is 2.87. The average Bonchev–Trinajstić information content (AvgIpc) is 2.29. The zero-order chi connectivity index (χ0) is 10.7. The Morgan fingerprint density at radius 1 is 1.13 bits per heavy atom. The molecule has 3 nitrogen and oxygen atoms in total. The van der Waals surface area contributed by atoms with Gasteiger partial charge in [-0.15, -0.1) is 11.8 Å². The number of hydrogen-bond donors (Lipinski definition) is 1. The molecule has 1 aromatic heterocycles. The van der Waals surface area contributed by atoms with Gasteiger partial charge in [-0.25, -0.2) is 9.97 Å². The van der Waals surface area contributed by atoms with E-state index < -0.39 is 0 Å². The summed E-state index contributed by atoms with van der Waals surface area (Å²) in [4.78, 5) is 9.55. The quantitative estimate of drug-likeness (QED) is 0.785. The van der Waals surface area contributed by atoms with Crippen LogP contribution in [0.5, 0.6) is 0 Å². The van der Waals surface area contributed by atoms with Crippen molar-refractivity contribution in [2.24, 2.45) is 0 Å². The summed E-state index contributed by atoms with van der Waals surface area (Å²) in [6, 6.07) is 9.78. The van der Waals surface area contributed by atoms with Crippen LogP contribution in [-0.4, -0.2) is 16.2 Å². The summed E-state index contributed by atoms with van der Waals surface area (Å²) in [5, 5.41) is 0. The smallest absolute Gasteiger partial charge is 0.161 e. The van der Waals surface area contributed by atoms with Crippen LogP contribution in [0.25, 0.3) is 11.4 Å². The maximum Gasteiger partial charge on any atom is 0.161 e. The van der Waals surface area contributed by atoms with Gasteiger partial charge < -0.3 is 5.73 Å². The third-order valence-corrected chi connectivity index (χ3v) is 2.77. The zero-order valence-electron chi connectivity index (χ0n) is 8.34. The number of thioether (sulfide) groups is 1. The fourth-order valence-corrected chi connectivity index (χ4v) is 1.66. The van der Waals surface area contributed by atoms with Gasteiger partial charge in [0.1, 0.15) is 5.82 Å². The lowest BCUT2D eigenvalue weighted by Crippen LogP contribution is -1.94. The summed E-state index contributed by atoms with van der Waals surface area (Å²) < 4.78 is 0. The van der Waals surface area contributed by atoms with E-state index >= 15 is 0 Å². The number of benzene rings is 1. The van der Waals surface area contributed by atoms with Crippen molar-refractivity contribution < 1.29 is 0 Å². The fourth-order valence-electron chi connectivity index (χ4n) is 1.25. The van der Waals surface area contributed by atoms with Crippen LogP contribution in [0.2, 0.25) is 0 Å². The Hall–Kier alpha value is -1.55. The minimum atomic E-state index is 0.494. The number of nitrogens with zero attached hydrogens (tertiary/aromatic N) is 2. The van der Waals surface area contributed by atoms with Gasteiger partial charge in [-0.2, -0.15) is 0 Å². The Bertz CT molecular complexity index is 454. The summed E-state index contributed by atoms with van der Waals surface area (Å²) in [6.45, 7) is 0.